The molecule has 4 aliphatic rings. The molecule has 5 N–H and O–H groups in total. The first kappa shape index (κ1) is 46.4. The smallest absolute Gasteiger partial charge is 0.339 e. The number of likely N-dealkylation sites (tertiary alicyclic amines) is 1. The van der Waals surface area contributed by atoms with Crippen LogP contribution in [0.2, 0.25) is 0 Å². The number of aromatic carboxylic acids is 2. The number of aromatic hydroxyl groups is 2. The van der Waals surface area contributed by atoms with Crippen molar-refractivity contribution in [2.45, 2.75) is 75.3 Å². The van der Waals surface area contributed by atoms with Crippen LogP contribution in [0.1, 0.15) is 123 Å². The van der Waals surface area contributed by atoms with Gasteiger partial charge in [-0.1, -0.05) is 24.3 Å². The summed E-state index contributed by atoms with van der Waals surface area (Å²) in [7, 11) is 1.26. The Labute approximate surface area is 378 Å². The molecule has 2 fully saturated rings. The maximum Gasteiger partial charge on any atom is 0.339 e. The minimum atomic E-state index is -2.66. The normalized spacial score (nSPS) is 23.4. The number of halogens is 2. The molecule has 4 aromatic rings. The molecule has 8 rings (SSSR count). The summed E-state index contributed by atoms with van der Waals surface area (Å²) < 4.78 is 58.0. The van der Waals surface area contributed by atoms with E-state index in [0.717, 1.165) is 49.2 Å². The zero-order valence-corrected chi connectivity index (χ0v) is 35.6. The average Bonchev–Trinajstić information content (AvgIpc) is 3.83. The first-order valence-electron chi connectivity index (χ1n) is 21.0. The molecule has 67 heavy (non-hydrogen) atoms. The van der Waals surface area contributed by atoms with Gasteiger partial charge in [0.15, 0.2) is 18.7 Å². The highest BCUT2D eigenvalue weighted by atomic mass is 19.1. The van der Waals surface area contributed by atoms with Gasteiger partial charge in [-0.25, -0.2) is 28.0 Å². The minimum absolute atomic E-state index is 0.0152. The Kier molecular flexibility index (Phi) is 12.4. The lowest BCUT2D eigenvalue weighted by atomic mass is 9.72. The van der Waals surface area contributed by atoms with Gasteiger partial charge in [-0.3, -0.25) is 19.3 Å². The van der Waals surface area contributed by atoms with Crippen molar-refractivity contribution in [1.82, 2.24) is 4.90 Å². The molecule has 0 unspecified atom stereocenters. The molecule has 2 aliphatic carbocycles. The molecule has 0 saturated carbocycles. The molecule has 2 aliphatic heterocycles. The highest BCUT2D eigenvalue weighted by Crippen LogP contribution is 2.53. The first-order chi connectivity index (χ1) is 31.9. The monoisotopic (exact) mass is 929 g/mol. The number of phenols is 2. The van der Waals surface area contributed by atoms with Crippen LogP contribution in [0.3, 0.4) is 0 Å². The molecule has 2 heterocycles. The SMILES string of the molecule is COc1cccc2c1C(=O)c1c(O)c3c(c(O)c1C2=O)C[C@@](O)(C(=O)COC(=O)c1cccc(F)c1C(=O)O)C[C@@H]3O[C@H]1C[C@H](N2CCCC2)[C@H](OC(=O)c2cccc(F)c2C(=O)O)[C@H](C)O1. The number of methoxy groups -OCH3 is 1. The Bertz CT molecular complexity index is 2790. The topological polar surface area (TPSA) is 270 Å². The van der Waals surface area contributed by atoms with Gasteiger partial charge in [-0.15, -0.1) is 0 Å². The summed E-state index contributed by atoms with van der Waals surface area (Å²) in [6.07, 6.45) is -5.43. The lowest BCUT2D eigenvalue weighted by Gasteiger charge is -2.45. The highest BCUT2D eigenvalue weighted by Gasteiger charge is 2.52. The van der Waals surface area contributed by atoms with E-state index in [0.29, 0.717) is 13.1 Å². The van der Waals surface area contributed by atoms with Crippen LogP contribution >= 0.6 is 0 Å². The number of carboxylic acids is 2. The molecule has 0 aromatic heterocycles. The number of fused-ring (bicyclic) bond motifs is 3. The van der Waals surface area contributed by atoms with Gasteiger partial charge in [0.25, 0.3) is 0 Å². The van der Waals surface area contributed by atoms with E-state index in [1.807, 2.05) is 4.90 Å². The fourth-order valence-corrected chi connectivity index (χ4v) is 9.49. The number of benzene rings is 4. The highest BCUT2D eigenvalue weighted by molar-refractivity contribution is 6.31. The molecular weight excluding hydrogens is 889 g/mol. The number of carboxylic acid groups (broad SMARTS) is 2. The maximum atomic E-state index is 14.6. The van der Waals surface area contributed by atoms with Crippen LogP contribution in [-0.2, 0) is 30.2 Å². The number of carbonyl (C=O) groups is 7. The molecule has 18 nitrogen and oxygen atoms in total. The molecule has 6 atom stereocenters. The summed E-state index contributed by atoms with van der Waals surface area (Å²) in [6, 6.07) is 9.36. The number of hydrogen-bond acceptors (Lipinski definition) is 16. The van der Waals surface area contributed by atoms with Crippen molar-refractivity contribution in [2.75, 3.05) is 26.8 Å². The predicted octanol–water partition coefficient (Wildman–Crippen LogP) is 4.54. The van der Waals surface area contributed by atoms with Gasteiger partial charge in [-0.05, 0) is 63.2 Å². The van der Waals surface area contributed by atoms with E-state index in [9.17, 15) is 67.9 Å². The van der Waals surface area contributed by atoms with E-state index >= 15 is 0 Å². The fraction of sp³-hybridized carbons (Fsp3) is 0.340. The summed E-state index contributed by atoms with van der Waals surface area (Å²) in [4.78, 5) is 94.6. The average molecular weight is 930 g/mol. The van der Waals surface area contributed by atoms with E-state index in [1.54, 1.807) is 0 Å². The van der Waals surface area contributed by atoms with Crippen molar-refractivity contribution in [2.24, 2.45) is 0 Å². The summed E-state index contributed by atoms with van der Waals surface area (Å²) >= 11 is 0. The third kappa shape index (κ3) is 8.15. The molecule has 20 heteroatoms. The number of hydrogen-bond donors (Lipinski definition) is 5. The van der Waals surface area contributed by atoms with Gasteiger partial charge in [0.05, 0.1) is 53.2 Å². The predicted molar refractivity (Wildman–Crippen MR) is 221 cm³/mol. The van der Waals surface area contributed by atoms with Gasteiger partial charge in [0, 0.05) is 36.0 Å². The van der Waals surface area contributed by atoms with Gasteiger partial charge < -0.3 is 49.2 Å². The Balaban J connectivity index is 1.16. The summed E-state index contributed by atoms with van der Waals surface area (Å²) in [5, 5.41) is 55.5. The van der Waals surface area contributed by atoms with Crippen LogP contribution in [-0.4, -0.2) is 129 Å². The molecule has 0 radical (unpaired) electrons. The molecular formula is C47H41F2NO17. The molecule has 0 bridgehead atoms. The largest absolute Gasteiger partial charge is 0.507 e. The lowest BCUT2D eigenvalue weighted by Crippen LogP contribution is -2.56. The fourth-order valence-electron chi connectivity index (χ4n) is 9.49. The molecule has 2 saturated heterocycles. The van der Waals surface area contributed by atoms with Gasteiger partial charge in [0.1, 0.15) is 51.7 Å². The number of esters is 2. The van der Waals surface area contributed by atoms with Crippen LogP contribution < -0.4 is 4.74 Å². The molecule has 350 valence electrons. The Morgan fingerprint density at radius 1 is 0.821 bits per heavy atom. The van der Waals surface area contributed by atoms with Crippen LogP contribution in [0.4, 0.5) is 8.78 Å². The van der Waals surface area contributed by atoms with Crippen LogP contribution in [0.15, 0.2) is 54.6 Å². The number of aliphatic hydroxyl groups is 1. The maximum absolute atomic E-state index is 14.6. The van der Waals surface area contributed by atoms with E-state index < -0.39 is 159 Å². The van der Waals surface area contributed by atoms with E-state index in [1.165, 1.54) is 32.2 Å². The molecule has 0 amide bonds. The quantitative estimate of drug-likeness (QED) is 0.0849. The summed E-state index contributed by atoms with van der Waals surface area (Å²) in [5.41, 5.74) is -8.26. The summed E-state index contributed by atoms with van der Waals surface area (Å²) in [6.45, 7) is 1.32. The number of nitrogens with zero attached hydrogens (tertiary/aromatic N) is 1. The third-order valence-electron chi connectivity index (χ3n) is 12.6. The van der Waals surface area contributed by atoms with Gasteiger partial charge in [0.2, 0.25) is 11.6 Å². The number of ketones is 3. The van der Waals surface area contributed by atoms with E-state index in [4.69, 9.17) is 23.7 Å². The first-order valence-corrected chi connectivity index (χ1v) is 21.0. The number of ether oxygens (including phenoxy) is 5. The zero-order chi connectivity index (χ0) is 48.2. The number of phenolic OH excluding ortho intramolecular Hbond substituents is 2. The van der Waals surface area contributed by atoms with E-state index in [-0.39, 0.29) is 28.9 Å². The number of carbonyl (C=O) groups excluding carboxylic acids is 5. The third-order valence-corrected chi connectivity index (χ3v) is 12.6. The van der Waals surface area contributed by atoms with Gasteiger partial charge in [-0.2, -0.15) is 0 Å². The second-order valence-corrected chi connectivity index (χ2v) is 16.5. The standard InChI is InChI=1S/C47H41F2NO17/c1-20-42(67-46(61)23-10-6-12-26(49)33(23)44(58)59)27(50-14-3-4-15-50)16-31(65-20)66-29-18-47(62,30(51)19-64-45(60)22-9-5-11-25(48)32(22)43(56)57)17-24-35(29)41(55)37-36(39(24)53)38(52)21-8-7-13-28(63-2)34(21)40(37)54/h5-13,20,27,29,31,42,53,55,62H,3-4,14-19H2,1-2H3,(H,56,57)(H,58,59)/t20-,27-,29-,31-,42+,47-/m0/s1. The number of rotatable bonds is 12. The number of Topliss-reactive ketones (excluding diaryl/α,β-unsaturated/α-hetero) is 1. The van der Waals surface area contributed by atoms with Crippen molar-refractivity contribution in [3.05, 3.63) is 122 Å². The Hall–Kier alpha value is -7.13. The Morgan fingerprint density at radius 2 is 1.42 bits per heavy atom. The molecule has 0 spiro atoms. The van der Waals surface area contributed by atoms with Crippen LogP contribution in [0, 0.1) is 11.6 Å². The Morgan fingerprint density at radius 3 is 2.03 bits per heavy atom. The van der Waals surface area contributed by atoms with E-state index in [2.05, 4.69) is 0 Å². The summed E-state index contributed by atoms with van der Waals surface area (Å²) in [5.74, 6) is -13.3. The van der Waals surface area contributed by atoms with Crippen LogP contribution in [0.25, 0.3) is 0 Å². The van der Waals surface area contributed by atoms with Gasteiger partial charge >= 0.3 is 23.9 Å². The second-order valence-electron chi connectivity index (χ2n) is 16.5. The van der Waals surface area contributed by atoms with Crippen molar-refractivity contribution < 1.29 is 91.6 Å². The minimum Gasteiger partial charge on any atom is -0.507 e. The van der Waals surface area contributed by atoms with Crippen molar-refractivity contribution in [3.63, 3.8) is 0 Å². The second kappa shape index (κ2) is 17.9. The van der Waals surface area contributed by atoms with Crippen molar-refractivity contribution >= 4 is 41.2 Å². The van der Waals surface area contributed by atoms with Crippen LogP contribution in [0.5, 0.6) is 17.2 Å². The molecule has 4 aromatic carbocycles. The lowest BCUT2D eigenvalue weighted by molar-refractivity contribution is -0.257. The van der Waals surface area contributed by atoms with Crippen molar-refractivity contribution in [1.29, 1.82) is 0 Å². The zero-order valence-electron chi connectivity index (χ0n) is 35.6. The van der Waals surface area contributed by atoms with Crippen molar-refractivity contribution in [3.8, 4) is 17.2 Å².